The van der Waals surface area contributed by atoms with Crippen molar-refractivity contribution < 1.29 is 18.7 Å². The van der Waals surface area contributed by atoms with Crippen molar-refractivity contribution in [3.63, 3.8) is 0 Å². The van der Waals surface area contributed by atoms with E-state index in [-0.39, 0.29) is 0 Å². The van der Waals surface area contributed by atoms with Crippen LogP contribution in [0.4, 0.5) is 13.7 Å². The molecular formula is CF2O2. The Bertz CT molecular complexity index is 42.9. The van der Waals surface area contributed by atoms with E-state index in [2.05, 4.69) is 0 Å². The Morgan fingerprint density at radius 3 is 2.00 bits per heavy atom. The Morgan fingerprint density at radius 2 is 2.00 bits per heavy atom. The molecule has 0 amide bonds. The third-order valence-corrected chi connectivity index (χ3v) is 0.0607. The Labute approximate surface area is 26.2 Å². The maximum absolute atomic E-state index is 10.2. The summed E-state index contributed by atoms with van der Waals surface area (Å²) < 4.78 is 20.1. The zero-order valence-corrected chi connectivity index (χ0v) is 2.07. The van der Waals surface area contributed by atoms with Crippen molar-refractivity contribution in [2.45, 2.75) is 0 Å². The average Bonchev–Trinajstić information content (AvgIpc) is 1.38. The molecule has 2 nitrogen and oxygen atoms in total. The van der Waals surface area contributed by atoms with E-state index in [0.29, 0.717) is 0 Å². The number of rotatable bonds is 0. The minimum absolute atomic E-state index is 1.94. The van der Waals surface area contributed by atoms with Crippen molar-refractivity contribution >= 4 is 6.22 Å². The lowest BCUT2D eigenvalue weighted by molar-refractivity contribution is -0.0754. The molecule has 5 heavy (non-hydrogen) atoms. The molecule has 0 aromatic heterocycles. The van der Waals surface area contributed by atoms with Gasteiger partial charge in [0.2, 0.25) is 0 Å². The first-order valence-corrected chi connectivity index (χ1v) is 0.752. The molecule has 30 valence electrons. The van der Waals surface area contributed by atoms with Gasteiger partial charge in [0.1, 0.15) is 0 Å². The zero-order valence-electron chi connectivity index (χ0n) is 2.07. The molecule has 0 bridgehead atoms. The van der Waals surface area contributed by atoms with E-state index in [1.54, 1.807) is 0 Å². The van der Waals surface area contributed by atoms with Crippen LogP contribution in [0.15, 0.2) is 0 Å². The lowest BCUT2D eigenvalue weighted by atomic mass is 11.5. The molecule has 0 rings (SSSR count). The second-order valence-corrected chi connectivity index (χ2v) is 0.315. The molecule has 4 heteroatoms. The molecule has 0 aliphatic heterocycles. The van der Waals surface area contributed by atoms with Gasteiger partial charge in [-0.25, -0.2) is 9.74 Å². The Kier molecular flexibility index (Phi) is 1.41. The minimum atomic E-state index is -2.41. The maximum atomic E-state index is 10.2. The highest BCUT2D eigenvalue weighted by Crippen LogP contribution is 1.77. The second-order valence-electron chi connectivity index (χ2n) is 0.315. The highest BCUT2D eigenvalue weighted by molar-refractivity contribution is 5.56. The summed E-state index contributed by atoms with van der Waals surface area (Å²) in [5, 5.41) is 0. The topological polar surface area (TPSA) is 26.3 Å². The third-order valence-electron chi connectivity index (χ3n) is 0.0607. The first-order valence-electron chi connectivity index (χ1n) is 0.752. The average molecular weight is 82.0 g/mol. The second kappa shape index (κ2) is 1.63. The fraction of sp³-hybridized carbons (Fsp3) is 0. The molecule has 0 aromatic rings. The van der Waals surface area contributed by atoms with E-state index in [1.807, 2.05) is 4.94 Å². The molecule has 0 saturated heterocycles. The summed E-state index contributed by atoms with van der Waals surface area (Å²) >= 11 is 0. The predicted octanol–water partition coefficient (Wildman–Crippen LogP) is 0.977. The van der Waals surface area contributed by atoms with Gasteiger partial charge in [-0.05, 0) is 0 Å². The predicted molar refractivity (Wildman–Crippen MR) is 8.70 cm³/mol. The van der Waals surface area contributed by atoms with Crippen molar-refractivity contribution in [2.75, 3.05) is 0 Å². The monoisotopic (exact) mass is 82.0 g/mol. The first-order chi connectivity index (χ1) is 2.27. The van der Waals surface area contributed by atoms with Gasteiger partial charge in [-0.15, -0.1) is 4.39 Å². The summed E-state index contributed by atoms with van der Waals surface area (Å²) in [6.45, 7) is 0. The van der Waals surface area contributed by atoms with Gasteiger partial charge < -0.3 is 0 Å². The molecule has 0 radical (unpaired) electrons. The van der Waals surface area contributed by atoms with Gasteiger partial charge in [0, 0.05) is 4.53 Å². The summed E-state index contributed by atoms with van der Waals surface area (Å²) in [7, 11) is 0. The van der Waals surface area contributed by atoms with Crippen molar-refractivity contribution in [3.8, 4) is 0 Å². The van der Waals surface area contributed by atoms with Crippen molar-refractivity contribution in [3.05, 3.63) is 0 Å². The Hall–Kier alpha value is -0.670. The smallest absolute Gasteiger partial charge is 0.220 e. The number of halogens is 2. The van der Waals surface area contributed by atoms with Crippen LogP contribution >= 0.6 is 0 Å². The van der Waals surface area contributed by atoms with Gasteiger partial charge in [0.05, 0.1) is 0 Å². The normalized spacial score (nSPS) is 6.80. The molecule has 0 aromatic carbocycles. The van der Waals surface area contributed by atoms with E-state index in [9.17, 15) is 8.92 Å². The van der Waals surface area contributed by atoms with E-state index >= 15 is 0 Å². The summed E-state index contributed by atoms with van der Waals surface area (Å²) in [4.78, 5) is 10.5. The molecular weight excluding hydrogens is 82.0 g/mol. The van der Waals surface area contributed by atoms with E-state index in [1.165, 1.54) is 0 Å². The van der Waals surface area contributed by atoms with Gasteiger partial charge in [-0.2, -0.15) is 0 Å². The number of carbonyl (C=O) groups excluding carboxylic acids is 1. The largest absolute Gasteiger partial charge is 0.531 e. The summed E-state index contributed by atoms with van der Waals surface area (Å²) in [6, 6.07) is 0. The molecule has 0 atom stereocenters. The van der Waals surface area contributed by atoms with Crippen LogP contribution in [0, 0.1) is 0 Å². The molecule has 0 fully saturated rings. The SMILES string of the molecule is O=C(F)OF. The lowest BCUT2D eigenvalue weighted by Crippen LogP contribution is -1.76. The van der Waals surface area contributed by atoms with Crippen molar-refractivity contribution in [2.24, 2.45) is 0 Å². The quantitative estimate of drug-likeness (QED) is 0.407. The van der Waals surface area contributed by atoms with Crippen LogP contribution in [0.25, 0.3) is 0 Å². The van der Waals surface area contributed by atoms with Crippen LogP contribution < -0.4 is 0 Å². The molecule has 0 aliphatic carbocycles. The Morgan fingerprint density at radius 1 is 1.80 bits per heavy atom. The number of hydrogen-bond donors (Lipinski definition) is 0. The van der Waals surface area contributed by atoms with Gasteiger partial charge in [-0.1, -0.05) is 0 Å². The van der Waals surface area contributed by atoms with E-state index < -0.39 is 6.22 Å². The molecule has 0 N–H and O–H groups in total. The van der Waals surface area contributed by atoms with Gasteiger partial charge in [0.15, 0.2) is 0 Å². The molecule has 0 unspecified atom stereocenters. The van der Waals surface area contributed by atoms with Crippen molar-refractivity contribution in [1.82, 2.24) is 0 Å². The summed E-state index contributed by atoms with van der Waals surface area (Å²) in [5.41, 5.74) is 0. The molecule has 0 heterocycles. The van der Waals surface area contributed by atoms with Gasteiger partial charge in [0.25, 0.3) is 0 Å². The maximum Gasteiger partial charge on any atom is 0.531 e. The highest BCUT2D eigenvalue weighted by Gasteiger charge is 1.90. The number of hydrogen-bond acceptors (Lipinski definition) is 2. The minimum Gasteiger partial charge on any atom is -0.220 e. The van der Waals surface area contributed by atoms with E-state index in [0.717, 1.165) is 0 Å². The third kappa shape index (κ3) is 3.33. The fourth-order valence-corrected chi connectivity index (χ4v) is 0. The van der Waals surface area contributed by atoms with Crippen LogP contribution in [0.5, 0.6) is 0 Å². The molecule has 0 spiro atoms. The van der Waals surface area contributed by atoms with Crippen LogP contribution in [-0.2, 0) is 4.94 Å². The highest BCUT2D eigenvalue weighted by atomic mass is 19.3. The molecule has 0 aliphatic rings. The van der Waals surface area contributed by atoms with Crippen molar-refractivity contribution in [1.29, 1.82) is 0 Å². The van der Waals surface area contributed by atoms with Crippen LogP contribution in [-0.4, -0.2) is 6.22 Å². The number of carbonyl (C=O) groups is 1. The summed E-state index contributed by atoms with van der Waals surface area (Å²) in [5.74, 6) is 0. The fourth-order valence-electron chi connectivity index (χ4n) is 0. The molecule has 0 saturated carbocycles. The standard InChI is InChI=1S/CF2O2/c2-1(4)5-3. The van der Waals surface area contributed by atoms with Crippen LogP contribution in [0.1, 0.15) is 0 Å². The lowest BCUT2D eigenvalue weighted by Gasteiger charge is -1.66. The summed E-state index contributed by atoms with van der Waals surface area (Å²) in [6.07, 6.45) is -2.41. The van der Waals surface area contributed by atoms with Crippen LogP contribution in [0.2, 0.25) is 0 Å². The Balaban J connectivity index is 2.85. The van der Waals surface area contributed by atoms with Gasteiger partial charge >= 0.3 is 6.22 Å². The van der Waals surface area contributed by atoms with Gasteiger partial charge in [-0.3, -0.25) is 0 Å². The first kappa shape index (κ1) is 4.33. The van der Waals surface area contributed by atoms with E-state index in [4.69, 9.17) is 4.79 Å². The zero-order chi connectivity index (χ0) is 4.28. The van der Waals surface area contributed by atoms with Crippen LogP contribution in [0.3, 0.4) is 0 Å².